The number of halogens is 1. The molecule has 0 saturated heterocycles. The van der Waals surface area contributed by atoms with E-state index in [-0.39, 0.29) is 5.82 Å². The lowest BCUT2D eigenvalue weighted by atomic mass is 10.0. The first-order valence-corrected chi connectivity index (χ1v) is 12.5. The lowest BCUT2D eigenvalue weighted by molar-refractivity contribution is -0.111. The molecule has 5 aromatic rings. The van der Waals surface area contributed by atoms with Crippen molar-refractivity contribution in [2.45, 2.75) is 13.3 Å². The molecule has 10 nitrogen and oxygen atoms in total. The van der Waals surface area contributed by atoms with E-state index in [0.29, 0.717) is 64.6 Å². The number of pyridine rings is 1. The molecule has 0 unspecified atom stereocenters. The summed E-state index contributed by atoms with van der Waals surface area (Å²) in [5.41, 5.74) is 3.72. The molecule has 0 aliphatic rings. The molecule has 0 fully saturated rings. The highest BCUT2D eigenvalue weighted by atomic mass is 19.1. The minimum atomic E-state index is -0.466. The van der Waals surface area contributed by atoms with Crippen molar-refractivity contribution in [1.29, 1.82) is 0 Å². The second-order valence-electron chi connectivity index (χ2n) is 9.27. The average Bonchev–Trinajstić information content (AvgIpc) is 3.39. The van der Waals surface area contributed by atoms with Crippen LogP contribution in [0.15, 0.2) is 61.3 Å². The number of hydrogen-bond acceptors (Lipinski definition) is 8. The van der Waals surface area contributed by atoms with Crippen LogP contribution in [0, 0.1) is 17.7 Å². The lowest BCUT2D eigenvalue weighted by Crippen LogP contribution is -2.20. The van der Waals surface area contributed by atoms with Crippen molar-refractivity contribution >= 4 is 39.6 Å². The predicted molar refractivity (Wildman–Crippen MR) is 151 cm³/mol. The van der Waals surface area contributed by atoms with E-state index in [0.717, 1.165) is 5.56 Å². The quantitative estimate of drug-likeness (QED) is 0.271. The van der Waals surface area contributed by atoms with Gasteiger partial charge in [0.15, 0.2) is 5.65 Å². The van der Waals surface area contributed by atoms with Crippen LogP contribution < -0.4 is 15.4 Å². The number of ether oxygens (including phenoxy) is 1. The number of nitrogens with zero attached hydrogens (tertiary/aromatic N) is 6. The van der Waals surface area contributed by atoms with Crippen LogP contribution in [0.1, 0.15) is 18.1 Å². The van der Waals surface area contributed by atoms with Crippen LogP contribution in [0.4, 0.5) is 21.6 Å². The van der Waals surface area contributed by atoms with Gasteiger partial charge in [0.05, 0.1) is 11.2 Å². The van der Waals surface area contributed by atoms with Crippen molar-refractivity contribution < 1.29 is 13.9 Å². The maximum absolute atomic E-state index is 15.1. The van der Waals surface area contributed by atoms with Gasteiger partial charge in [0.2, 0.25) is 0 Å². The predicted octanol–water partition coefficient (Wildman–Crippen LogP) is 4.05. The summed E-state index contributed by atoms with van der Waals surface area (Å²) in [5, 5.41) is 10.7. The number of benzene rings is 2. The smallest absolute Gasteiger partial charge is 0.300 e. The minimum absolute atomic E-state index is 0.354. The number of likely N-dealkylation sites (N-methyl/N-ethyl adjacent to an activating group) is 1. The van der Waals surface area contributed by atoms with Crippen LogP contribution in [-0.2, 0) is 11.2 Å². The summed E-state index contributed by atoms with van der Waals surface area (Å²) in [6.07, 6.45) is 5.11. The highest BCUT2D eigenvalue weighted by Gasteiger charge is 2.14. The largest absolute Gasteiger partial charge is 0.490 e. The first-order valence-electron chi connectivity index (χ1n) is 12.5. The van der Waals surface area contributed by atoms with Crippen molar-refractivity contribution in [1.82, 2.24) is 29.5 Å². The second kappa shape index (κ2) is 11.8. The topological polar surface area (TPSA) is 110 Å². The Labute approximate surface area is 230 Å². The Hall–Kier alpha value is -5.08. The molecule has 11 heteroatoms. The summed E-state index contributed by atoms with van der Waals surface area (Å²) in [4.78, 5) is 27.2. The summed E-state index contributed by atoms with van der Waals surface area (Å²) in [6, 6.07) is 12.2. The summed E-state index contributed by atoms with van der Waals surface area (Å²) < 4.78 is 22.7. The zero-order valence-corrected chi connectivity index (χ0v) is 22.3. The number of anilines is 3. The summed E-state index contributed by atoms with van der Waals surface area (Å²) in [6.45, 7) is 2.69. The number of fused-ring (bicyclic) bond motifs is 2. The van der Waals surface area contributed by atoms with Gasteiger partial charge >= 0.3 is 0 Å². The third-order valence-corrected chi connectivity index (χ3v) is 6.07. The standard InChI is InChI=1S/C29H27FN8O2/c1-4-5-28(39)36-25-15-22-24(16-26(25)40-11-10-37(2)3)31-17-33-29(22)35-21-7-6-20(23(30)14-21)12-19-8-9-38-27(13-19)32-18-34-38/h6-9,13-18H,10-12H2,1-3H3,(H,36,39)(H,31,33,35). The maximum Gasteiger partial charge on any atom is 0.300 e. The van der Waals surface area contributed by atoms with E-state index in [2.05, 4.69) is 42.5 Å². The van der Waals surface area contributed by atoms with Gasteiger partial charge in [-0.15, -0.1) is 0 Å². The lowest BCUT2D eigenvalue weighted by Gasteiger charge is -2.16. The molecule has 2 aromatic carbocycles. The molecule has 2 N–H and O–H groups in total. The molecule has 0 aliphatic heterocycles. The molecule has 3 heterocycles. The van der Waals surface area contributed by atoms with Crippen LogP contribution in [0.2, 0.25) is 0 Å². The molecule has 0 aliphatic carbocycles. The second-order valence-corrected chi connectivity index (χ2v) is 9.27. The summed E-state index contributed by atoms with van der Waals surface area (Å²) >= 11 is 0. The van der Waals surface area contributed by atoms with Crippen molar-refractivity contribution in [2.75, 3.05) is 37.9 Å². The molecule has 0 bridgehead atoms. The van der Waals surface area contributed by atoms with Gasteiger partial charge in [0.1, 0.15) is 36.6 Å². The fraction of sp³-hybridized carbons (Fsp3) is 0.207. The number of amides is 1. The van der Waals surface area contributed by atoms with Crippen molar-refractivity contribution in [3.8, 4) is 17.6 Å². The Bertz CT molecular complexity index is 1760. The van der Waals surface area contributed by atoms with E-state index in [1.165, 1.54) is 18.7 Å². The molecule has 5 rings (SSSR count). The average molecular weight is 539 g/mol. The van der Waals surface area contributed by atoms with Crippen LogP contribution in [0.3, 0.4) is 0 Å². The number of carbonyl (C=O) groups is 1. The third kappa shape index (κ3) is 6.14. The summed E-state index contributed by atoms with van der Waals surface area (Å²) in [7, 11) is 3.89. The zero-order valence-electron chi connectivity index (χ0n) is 22.3. The van der Waals surface area contributed by atoms with Crippen molar-refractivity contribution in [3.05, 3.63) is 78.3 Å². The summed E-state index contributed by atoms with van der Waals surface area (Å²) in [5.74, 6) is 5.16. The first-order chi connectivity index (χ1) is 19.4. The van der Waals surface area contributed by atoms with E-state index < -0.39 is 5.91 Å². The van der Waals surface area contributed by atoms with E-state index in [9.17, 15) is 4.79 Å². The number of hydrogen-bond donors (Lipinski definition) is 2. The fourth-order valence-electron chi connectivity index (χ4n) is 4.10. The third-order valence-electron chi connectivity index (χ3n) is 6.07. The van der Waals surface area contributed by atoms with Gasteiger partial charge < -0.3 is 20.3 Å². The van der Waals surface area contributed by atoms with Gasteiger partial charge in [-0.1, -0.05) is 12.0 Å². The zero-order chi connectivity index (χ0) is 28.1. The van der Waals surface area contributed by atoms with E-state index >= 15 is 4.39 Å². The highest BCUT2D eigenvalue weighted by Crippen LogP contribution is 2.33. The Morgan fingerprint density at radius 1 is 1.10 bits per heavy atom. The molecule has 40 heavy (non-hydrogen) atoms. The molecule has 0 saturated carbocycles. The Balaban J connectivity index is 1.41. The van der Waals surface area contributed by atoms with Gasteiger partial charge in [0, 0.05) is 36.3 Å². The van der Waals surface area contributed by atoms with Gasteiger partial charge in [-0.05, 0) is 68.4 Å². The van der Waals surface area contributed by atoms with Gasteiger partial charge in [-0.3, -0.25) is 4.79 Å². The molecule has 1 amide bonds. The Kier molecular flexibility index (Phi) is 7.80. The van der Waals surface area contributed by atoms with Gasteiger partial charge in [0.25, 0.3) is 5.91 Å². The molecule has 202 valence electrons. The molecule has 3 aromatic heterocycles. The van der Waals surface area contributed by atoms with Crippen molar-refractivity contribution in [3.63, 3.8) is 0 Å². The highest BCUT2D eigenvalue weighted by molar-refractivity contribution is 6.06. The Morgan fingerprint density at radius 3 is 2.77 bits per heavy atom. The van der Waals surface area contributed by atoms with Crippen LogP contribution in [-0.4, -0.2) is 62.6 Å². The SMILES string of the molecule is CC#CC(=O)Nc1cc2c(Nc3ccc(Cc4ccn5ncnc5c4)c(F)c3)ncnc2cc1OCCN(C)C. The number of nitrogens with one attached hydrogen (secondary N) is 2. The number of carbonyl (C=O) groups excluding carboxylic acids is 1. The molecule has 0 spiro atoms. The number of rotatable bonds is 9. The maximum atomic E-state index is 15.1. The van der Waals surface area contributed by atoms with E-state index in [4.69, 9.17) is 4.74 Å². The monoisotopic (exact) mass is 538 g/mol. The van der Waals surface area contributed by atoms with Crippen LogP contribution >= 0.6 is 0 Å². The normalized spacial score (nSPS) is 10.9. The molecular weight excluding hydrogens is 511 g/mol. The first kappa shape index (κ1) is 26.5. The van der Waals surface area contributed by atoms with Gasteiger partial charge in [-0.2, -0.15) is 5.10 Å². The van der Waals surface area contributed by atoms with E-state index in [1.807, 2.05) is 31.1 Å². The Morgan fingerprint density at radius 2 is 1.98 bits per heavy atom. The molecular formula is C29H27FN8O2. The van der Waals surface area contributed by atoms with E-state index in [1.54, 1.807) is 41.9 Å². The molecule has 0 radical (unpaired) electrons. The number of aromatic nitrogens is 5. The fourth-order valence-corrected chi connectivity index (χ4v) is 4.10. The van der Waals surface area contributed by atoms with Crippen LogP contribution in [0.25, 0.3) is 16.6 Å². The van der Waals surface area contributed by atoms with Crippen molar-refractivity contribution in [2.24, 2.45) is 0 Å². The minimum Gasteiger partial charge on any atom is -0.490 e. The van der Waals surface area contributed by atoms with Gasteiger partial charge in [-0.25, -0.2) is 23.9 Å². The van der Waals surface area contributed by atoms with Crippen LogP contribution in [0.5, 0.6) is 5.75 Å². The molecule has 0 atom stereocenters.